The van der Waals surface area contributed by atoms with Crippen LogP contribution in [0.25, 0.3) is 21.9 Å². The van der Waals surface area contributed by atoms with Gasteiger partial charge in [-0.2, -0.15) is 0 Å². The Balaban J connectivity index is 2.22. The normalized spacial score (nSPS) is 10.9. The average Bonchev–Trinajstić information content (AvgIpc) is 2.40. The van der Waals surface area contributed by atoms with E-state index in [1.165, 1.54) is 12.1 Å². The van der Waals surface area contributed by atoms with Crippen LogP contribution in [0.5, 0.6) is 0 Å². The molecule has 3 aromatic carbocycles. The first-order valence-electron chi connectivity index (χ1n) is 6.10. The Morgan fingerprint density at radius 3 is 2.26 bits per heavy atom. The molecule has 0 aliphatic rings. The van der Waals surface area contributed by atoms with E-state index in [1.807, 2.05) is 25.1 Å². The molecule has 0 heterocycles. The van der Waals surface area contributed by atoms with E-state index in [2.05, 4.69) is 0 Å². The Kier molecular flexibility index (Phi) is 2.79. The van der Waals surface area contributed by atoms with Crippen LogP contribution in [0.1, 0.15) is 5.56 Å². The van der Waals surface area contributed by atoms with Crippen LogP contribution in [0.3, 0.4) is 0 Å². The molecule has 0 N–H and O–H groups in total. The van der Waals surface area contributed by atoms with Crippen molar-refractivity contribution in [2.45, 2.75) is 6.92 Å². The van der Waals surface area contributed by atoms with Crippen LogP contribution in [0, 0.1) is 18.6 Å². The standard InChI is InChI=1S/C17H12F2/c1-11-2-8-16-13(10-11)5-9-15(17(16)19)12-3-6-14(18)7-4-12/h2-10H,1H3. The van der Waals surface area contributed by atoms with E-state index in [1.54, 1.807) is 24.3 Å². The van der Waals surface area contributed by atoms with Gasteiger partial charge in [-0.25, -0.2) is 8.78 Å². The molecule has 94 valence electrons. The van der Waals surface area contributed by atoms with Gasteiger partial charge in [0.2, 0.25) is 0 Å². The highest BCUT2D eigenvalue weighted by molar-refractivity contribution is 5.88. The van der Waals surface area contributed by atoms with E-state index in [-0.39, 0.29) is 11.6 Å². The summed E-state index contributed by atoms with van der Waals surface area (Å²) in [6.07, 6.45) is 0. The maximum atomic E-state index is 14.5. The van der Waals surface area contributed by atoms with Crippen molar-refractivity contribution in [3.05, 3.63) is 71.8 Å². The first-order chi connectivity index (χ1) is 9.15. The Morgan fingerprint density at radius 1 is 0.789 bits per heavy atom. The highest BCUT2D eigenvalue weighted by Crippen LogP contribution is 2.29. The van der Waals surface area contributed by atoms with Crippen LogP contribution in [0.4, 0.5) is 8.78 Å². The smallest absolute Gasteiger partial charge is 0.138 e. The van der Waals surface area contributed by atoms with Gasteiger partial charge in [0.25, 0.3) is 0 Å². The van der Waals surface area contributed by atoms with E-state index in [9.17, 15) is 8.78 Å². The van der Waals surface area contributed by atoms with Crippen molar-refractivity contribution in [1.82, 2.24) is 0 Å². The molecule has 0 nitrogen and oxygen atoms in total. The van der Waals surface area contributed by atoms with Crippen LogP contribution in [0.15, 0.2) is 54.6 Å². The molecule has 0 aromatic heterocycles. The fourth-order valence-electron chi connectivity index (χ4n) is 2.26. The van der Waals surface area contributed by atoms with E-state index in [0.29, 0.717) is 16.5 Å². The molecule has 0 fully saturated rings. The predicted octanol–water partition coefficient (Wildman–Crippen LogP) is 5.09. The fraction of sp³-hybridized carbons (Fsp3) is 0.0588. The third-order valence-corrected chi connectivity index (χ3v) is 3.26. The highest BCUT2D eigenvalue weighted by atomic mass is 19.1. The highest BCUT2D eigenvalue weighted by Gasteiger charge is 2.09. The molecule has 19 heavy (non-hydrogen) atoms. The zero-order valence-electron chi connectivity index (χ0n) is 10.5. The number of hydrogen-bond acceptors (Lipinski definition) is 0. The lowest BCUT2D eigenvalue weighted by Crippen LogP contribution is -1.88. The number of rotatable bonds is 1. The molecule has 0 atom stereocenters. The van der Waals surface area contributed by atoms with Gasteiger partial charge < -0.3 is 0 Å². The molecule has 3 rings (SSSR count). The Hall–Kier alpha value is -2.22. The molecular weight excluding hydrogens is 242 g/mol. The SMILES string of the molecule is Cc1ccc2c(F)c(-c3ccc(F)cc3)ccc2c1. The number of fused-ring (bicyclic) bond motifs is 1. The predicted molar refractivity (Wildman–Crippen MR) is 74.0 cm³/mol. The van der Waals surface area contributed by atoms with Crippen molar-refractivity contribution in [2.75, 3.05) is 0 Å². The lowest BCUT2D eigenvalue weighted by atomic mass is 9.99. The Morgan fingerprint density at radius 2 is 1.53 bits per heavy atom. The monoisotopic (exact) mass is 254 g/mol. The second-order valence-corrected chi connectivity index (χ2v) is 4.66. The van der Waals surface area contributed by atoms with E-state index < -0.39 is 0 Å². The Bertz CT molecular complexity index is 743. The van der Waals surface area contributed by atoms with Gasteiger partial charge >= 0.3 is 0 Å². The molecule has 0 spiro atoms. The van der Waals surface area contributed by atoms with Crippen molar-refractivity contribution < 1.29 is 8.78 Å². The van der Waals surface area contributed by atoms with Crippen molar-refractivity contribution in [3.63, 3.8) is 0 Å². The lowest BCUT2D eigenvalue weighted by Gasteiger charge is -2.07. The number of benzene rings is 3. The van der Waals surface area contributed by atoms with Crippen molar-refractivity contribution in [3.8, 4) is 11.1 Å². The maximum absolute atomic E-state index is 14.5. The second-order valence-electron chi connectivity index (χ2n) is 4.66. The number of hydrogen-bond donors (Lipinski definition) is 0. The molecule has 0 aliphatic heterocycles. The van der Waals surface area contributed by atoms with Crippen LogP contribution >= 0.6 is 0 Å². The van der Waals surface area contributed by atoms with Crippen molar-refractivity contribution >= 4 is 10.8 Å². The first-order valence-corrected chi connectivity index (χ1v) is 6.10. The van der Waals surface area contributed by atoms with Gasteiger partial charge in [0, 0.05) is 10.9 Å². The molecule has 0 unspecified atom stereocenters. The summed E-state index contributed by atoms with van der Waals surface area (Å²) < 4.78 is 27.4. The van der Waals surface area contributed by atoms with Gasteiger partial charge in [0.1, 0.15) is 11.6 Å². The minimum Gasteiger partial charge on any atom is -0.207 e. The minimum atomic E-state index is -0.319. The summed E-state index contributed by atoms with van der Waals surface area (Å²) in [7, 11) is 0. The summed E-state index contributed by atoms with van der Waals surface area (Å²) in [5.41, 5.74) is 2.28. The molecule has 0 bridgehead atoms. The third-order valence-electron chi connectivity index (χ3n) is 3.26. The van der Waals surface area contributed by atoms with Gasteiger partial charge in [0.15, 0.2) is 0 Å². The van der Waals surface area contributed by atoms with Gasteiger partial charge in [-0.3, -0.25) is 0 Å². The van der Waals surface area contributed by atoms with E-state index in [4.69, 9.17) is 0 Å². The lowest BCUT2D eigenvalue weighted by molar-refractivity contribution is 0.627. The largest absolute Gasteiger partial charge is 0.207 e. The number of aryl methyl sites for hydroxylation is 1. The summed E-state index contributed by atoms with van der Waals surface area (Å²) in [5.74, 6) is -0.579. The van der Waals surface area contributed by atoms with Crippen LogP contribution in [-0.4, -0.2) is 0 Å². The second kappa shape index (κ2) is 4.47. The van der Waals surface area contributed by atoms with E-state index in [0.717, 1.165) is 10.9 Å². The van der Waals surface area contributed by atoms with Crippen LogP contribution in [-0.2, 0) is 0 Å². The minimum absolute atomic E-state index is 0.260. The van der Waals surface area contributed by atoms with Gasteiger partial charge in [-0.1, -0.05) is 48.0 Å². The summed E-state index contributed by atoms with van der Waals surface area (Å²) >= 11 is 0. The first kappa shape index (κ1) is 11.8. The molecule has 2 heteroatoms. The molecule has 3 aromatic rings. The topological polar surface area (TPSA) is 0 Å². The van der Waals surface area contributed by atoms with Gasteiger partial charge in [-0.15, -0.1) is 0 Å². The summed E-state index contributed by atoms with van der Waals surface area (Å²) in [6, 6.07) is 15.1. The summed E-state index contributed by atoms with van der Waals surface area (Å²) in [5, 5.41) is 1.47. The quantitative estimate of drug-likeness (QED) is 0.567. The average molecular weight is 254 g/mol. The van der Waals surface area contributed by atoms with Gasteiger partial charge in [0.05, 0.1) is 0 Å². The fourth-order valence-corrected chi connectivity index (χ4v) is 2.26. The summed E-state index contributed by atoms with van der Waals surface area (Å²) in [4.78, 5) is 0. The molecule has 0 saturated carbocycles. The third kappa shape index (κ3) is 2.10. The molecule has 0 radical (unpaired) electrons. The molecular formula is C17H12F2. The maximum Gasteiger partial charge on any atom is 0.138 e. The molecule has 0 saturated heterocycles. The summed E-state index contributed by atoms with van der Waals surface area (Å²) in [6.45, 7) is 1.98. The van der Waals surface area contributed by atoms with Crippen LogP contribution in [0.2, 0.25) is 0 Å². The van der Waals surface area contributed by atoms with Gasteiger partial charge in [-0.05, 0) is 30.0 Å². The zero-order chi connectivity index (χ0) is 13.4. The van der Waals surface area contributed by atoms with Crippen LogP contribution < -0.4 is 0 Å². The number of halogens is 2. The van der Waals surface area contributed by atoms with E-state index >= 15 is 0 Å². The van der Waals surface area contributed by atoms with Crippen molar-refractivity contribution in [1.29, 1.82) is 0 Å². The molecule has 0 aliphatic carbocycles. The Labute approximate surface area is 110 Å². The van der Waals surface area contributed by atoms with Crippen molar-refractivity contribution in [2.24, 2.45) is 0 Å². The zero-order valence-corrected chi connectivity index (χ0v) is 10.5. The molecule has 0 amide bonds.